The molecule has 2 N–H and O–H groups in total. The van der Waals surface area contributed by atoms with Crippen LogP contribution in [0.5, 0.6) is 0 Å². The third-order valence-corrected chi connectivity index (χ3v) is 2.86. The molecule has 0 saturated carbocycles. The molecule has 0 aromatic heterocycles. The van der Waals surface area contributed by atoms with Gasteiger partial charge in [-0.15, -0.1) is 0 Å². The molecule has 0 spiro atoms. The zero-order chi connectivity index (χ0) is 12.9. The van der Waals surface area contributed by atoms with Crippen LogP contribution in [0.3, 0.4) is 0 Å². The molecule has 0 aromatic carbocycles. The smallest absolute Gasteiger partial charge is 0.239 e. The Hall–Kier alpha value is -0.570. The normalized spacial score (nSPS) is 15.3. The van der Waals surface area contributed by atoms with Gasteiger partial charge in [-0.2, -0.15) is 0 Å². The van der Waals surface area contributed by atoms with Crippen LogP contribution in [0.4, 0.5) is 0 Å². The summed E-state index contributed by atoms with van der Waals surface area (Å²) in [5.41, 5.74) is 5.90. The Morgan fingerprint density at radius 2 is 1.50 bits per heavy atom. The summed E-state index contributed by atoms with van der Waals surface area (Å²) < 4.78 is 0. The first-order valence-electron chi connectivity index (χ1n) is 6.27. The SMILES string of the molecule is CC(C)CC(C)N(C)C(=O)[C@@H](N)CC(C)C. The molecule has 0 fully saturated rings. The van der Waals surface area contributed by atoms with Crippen LogP contribution < -0.4 is 5.73 Å². The highest BCUT2D eigenvalue weighted by Gasteiger charge is 2.22. The molecule has 0 aliphatic carbocycles. The lowest BCUT2D eigenvalue weighted by Crippen LogP contribution is -2.46. The number of nitrogens with two attached hydrogens (primary N) is 1. The predicted molar refractivity (Wildman–Crippen MR) is 69.1 cm³/mol. The summed E-state index contributed by atoms with van der Waals surface area (Å²) in [4.78, 5) is 13.8. The molecule has 3 heteroatoms. The Labute approximate surface area is 100 Å². The third-order valence-electron chi connectivity index (χ3n) is 2.86. The summed E-state index contributed by atoms with van der Waals surface area (Å²) in [6.07, 6.45) is 1.79. The minimum atomic E-state index is -0.348. The number of rotatable bonds is 6. The van der Waals surface area contributed by atoms with Gasteiger partial charge in [0.25, 0.3) is 0 Å². The van der Waals surface area contributed by atoms with E-state index in [2.05, 4.69) is 34.6 Å². The Morgan fingerprint density at radius 1 is 1.06 bits per heavy atom. The highest BCUT2D eigenvalue weighted by atomic mass is 16.2. The average Bonchev–Trinajstić information content (AvgIpc) is 2.13. The first-order chi connectivity index (χ1) is 7.25. The fraction of sp³-hybridized carbons (Fsp3) is 0.923. The Bertz CT molecular complexity index is 214. The van der Waals surface area contributed by atoms with Gasteiger partial charge in [0.1, 0.15) is 0 Å². The van der Waals surface area contributed by atoms with Crippen LogP contribution in [0.2, 0.25) is 0 Å². The number of nitrogens with zero attached hydrogens (tertiary/aromatic N) is 1. The minimum Gasteiger partial charge on any atom is -0.342 e. The molecule has 1 unspecified atom stereocenters. The number of hydrogen-bond donors (Lipinski definition) is 1. The van der Waals surface area contributed by atoms with E-state index in [1.165, 1.54) is 0 Å². The zero-order valence-corrected chi connectivity index (χ0v) is 11.7. The molecule has 0 rings (SSSR count). The van der Waals surface area contributed by atoms with E-state index in [0.29, 0.717) is 11.8 Å². The molecule has 0 aromatic rings. The third kappa shape index (κ3) is 5.50. The van der Waals surface area contributed by atoms with Gasteiger partial charge in [0, 0.05) is 13.1 Å². The van der Waals surface area contributed by atoms with E-state index < -0.39 is 0 Å². The van der Waals surface area contributed by atoms with E-state index in [9.17, 15) is 4.79 Å². The lowest BCUT2D eigenvalue weighted by atomic mass is 10.0. The van der Waals surface area contributed by atoms with Gasteiger partial charge in [0.2, 0.25) is 5.91 Å². The maximum absolute atomic E-state index is 12.0. The van der Waals surface area contributed by atoms with Crippen molar-refractivity contribution in [2.75, 3.05) is 7.05 Å². The van der Waals surface area contributed by atoms with E-state index in [4.69, 9.17) is 5.73 Å². The molecule has 1 amide bonds. The Balaban J connectivity index is 4.25. The van der Waals surface area contributed by atoms with Crippen molar-refractivity contribution in [1.29, 1.82) is 0 Å². The monoisotopic (exact) mass is 228 g/mol. The zero-order valence-electron chi connectivity index (χ0n) is 11.7. The lowest BCUT2D eigenvalue weighted by Gasteiger charge is -2.29. The lowest BCUT2D eigenvalue weighted by molar-refractivity contribution is -0.133. The van der Waals surface area contributed by atoms with Crippen LogP contribution in [0, 0.1) is 11.8 Å². The van der Waals surface area contributed by atoms with Crippen molar-refractivity contribution < 1.29 is 4.79 Å². The highest BCUT2D eigenvalue weighted by molar-refractivity contribution is 5.81. The van der Waals surface area contributed by atoms with Crippen LogP contribution in [-0.4, -0.2) is 29.9 Å². The molecular formula is C13H28N2O. The summed E-state index contributed by atoms with van der Waals surface area (Å²) in [5.74, 6) is 1.14. The van der Waals surface area contributed by atoms with E-state index in [0.717, 1.165) is 12.8 Å². The van der Waals surface area contributed by atoms with Crippen molar-refractivity contribution in [2.45, 2.75) is 59.5 Å². The van der Waals surface area contributed by atoms with Crippen molar-refractivity contribution in [1.82, 2.24) is 4.90 Å². The molecule has 96 valence electrons. The molecule has 0 aliphatic heterocycles. The van der Waals surface area contributed by atoms with Gasteiger partial charge >= 0.3 is 0 Å². The fourth-order valence-corrected chi connectivity index (χ4v) is 1.93. The van der Waals surface area contributed by atoms with Gasteiger partial charge in [-0.1, -0.05) is 27.7 Å². The summed E-state index contributed by atoms with van der Waals surface area (Å²) in [6, 6.07) is -0.0784. The van der Waals surface area contributed by atoms with Gasteiger partial charge < -0.3 is 10.6 Å². The molecule has 2 atom stereocenters. The van der Waals surface area contributed by atoms with Crippen LogP contribution in [0.15, 0.2) is 0 Å². The Morgan fingerprint density at radius 3 is 1.88 bits per heavy atom. The van der Waals surface area contributed by atoms with E-state index in [1.807, 2.05) is 7.05 Å². The van der Waals surface area contributed by atoms with Crippen LogP contribution in [0.1, 0.15) is 47.5 Å². The highest BCUT2D eigenvalue weighted by Crippen LogP contribution is 2.12. The summed E-state index contributed by atoms with van der Waals surface area (Å²) in [7, 11) is 1.86. The fourth-order valence-electron chi connectivity index (χ4n) is 1.93. The number of hydrogen-bond acceptors (Lipinski definition) is 2. The van der Waals surface area contributed by atoms with Gasteiger partial charge in [0.05, 0.1) is 6.04 Å². The number of carbonyl (C=O) groups excluding carboxylic acids is 1. The molecule has 0 radical (unpaired) electrons. The average molecular weight is 228 g/mol. The quantitative estimate of drug-likeness (QED) is 0.758. The minimum absolute atomic E-state index is 0.0712. The molecule has 16 heavy (non-hydrogen) atoms. The summed E-state index contributed by atoms with van der Waals surface area (Å²) >= 11 is 0. The van der Waals surface area contributed by atoms with Crippen molar-refractivity contribution >= 4 is 5.91 Å². The molecule has 3 nitrogen and oxygen atoms in total. The largest absolute Gasteiger partial charge is 0.342 e. The molecular weight excluding hydrogens is 200 g/mol. The summed E-state index contributed by atoms with van der Waals surface area (Å²) in [6.45, 7) is 10.6. The molecule has 0 saturated heterocycles. The van der Waals surface area contributed by atoms with E-state index in [1.54, 1.807) is 4.90 Å². The van der Waals surface area contributed by atoms with Gasteiger partial charge in [-0.05, 0) is 31.6 Å². The predicted octanol–water partition coefficient (Wildman–Crippen LogP) is 2.25. The number of amides is 1. The van der Waals surface area contributed by atoms with Gasteiger partial charge in [0.15, 0.2) is 0 Å². The van der Waals surface area contributed by atoms with Crippen LogP contribution in [-0.2, 0) is 4.79 Å². The second-order valence-electron chi connectivity index (χ2n) is 5.66. The first-order valence-corrected chi connectivity index (χ1v) is 6.27. The molecule has 0 bridgehead atoms. The van der Waals surface area contributed by atoms with Crippen LogP contribution in [0.25, 0.3) is 0 Å². The van der Waals surface area contributed by atoms with Crippen molar-refractivity contribution in [3.63, 3.8) is 0 Å². The molecule has 0 aliphatic rings. The van der Waals surface area contributed by atoms with E-state index in [-0.39, 0.29) is 18.0 Å². The topological polar surface area (TPSA) is 46.3 Å². The standard InChI is InChI=1S/C13H28N2O/c1-9(2)7-11(5)15(6)13(16)12(14)8-10(3)4/h9-12H,7-8,14H2,1-6H3/t11?,12-/m0/s1. The second kappa shape index (κ2) is 6.89. The van der Waals surface area contributed by atoms with Crippen molar-refractivity contribution in [2.24, 2.45) is 17.6 Å². The van der Waals surface area contributed by atoms with Gasteiger partial charge in [-0.3, -0.25) is 4.79 Å². The maximum atomic E-state index is 12.0. The second-order valence-corrected chi connectivity index (χ2v) is 5.66. The molecule has 0 heterocycles. The first kappa shape index (κ1) is 15.4. The van der Waals surface area contributed by atoms with Crippen molar-refractivity contribution in [3.8, 4) is 0 Å². The van der Waals surface area contributed by atoms with Crippen LogP contribution >= 0.6 is 0 Å². The van der Waals surface area contributed by atoms with Gasteiger partial charge in [-0.25, -0.2) is 0 Å². The Kier molecular flexibility index (Phi) is 6.65. The van der Waals surface area contributed by atoms with E-state index >= 15 is 0 Å². The maximum Gasteiger partial charge on any atom is 0.239 e. The van der Waals surface area contributed by atoms with Crippen molar-refractivity contribution in [3.05, 3.63) is 0 Å². The number of likely N-dealkylation sites (N-methyl/N-ethyl adjacent to an activating group) is 1. The summed E-state index contributed by atoms with van der Waals surface area (Å²) in [5, 5.41) is 0. The number of carbonyl (C=O) groups is 1.